The standard InChI is InChI=1S/C16H17BrF2N4O2/c1-22-7-23(6-8-5-21-16(20)11(17)14(8)22)15-12(18)9(24-2)4-10(25-3)13(15)19/h4-5H,6-7H2,1-3H3,(H2,20,21). The topological polar surface area (TPSA) is 63.9 Å². The summed E-state index contributed by atoms with van der Waals surface area (Å²) >= 11 is 3.42. The molecular formula is C16H17BrF2N4O2. The van der Waals surface area contributed by atoms with E-state index in [0.717, 1.165) is 11.3 Å². The van der Waals surface area contributed by atoms with E-state index < -0.39 is 11.6 Å². The smallest absolute Gasteiger partial charge is 0.191 e. The number of pyridine rings is 1. The second-order valence-electron chi connectivity index (χ2n) is 5.63. The molecule has 0 bridgehead atoms. The molecule has 2 heterocycles. The van der Waals surface area contributed by atoms with Gasteiger partial charge in [-0.2, -0.15) is 0 Å². The van der Waals surface area contributed by atoms with Gasteiger partial charge in [0.25, 0.3) is 0 Å². The van der Waals surface area contributed by atoms with E-state index in [1.807, 2.05) is 11.9 Å². The van der Waals surface area contributed by atoms with Gasteiger partial charge in [-0.1, -0.05) is 0 Å². The highest BCUT2D eigenvalue weighted by molar-refractivity contribution is 9.10. The van der Waals surface area contributed by atoms with Gasteiger partial charge in [-0.05, 0) is 15.9 Å². The molecule has 134 valence electrons. The van der Waals surface area contributed by atoms with Gasteiger partial charge in [0.05, 0.1) is 31.0 Å². The molecular weight excluding hydrogens is 398 g/mol. The number of benzene rings is 1. The van der Waals surface area contributed by atoms with Gasteiger partial charge in [-0.25, -0.2) is 13.8 Å². The second-order valence-corrected chi connectivity index (χ2v) is 6.42. The molecule has 9 heteroatoms. The number of rotatable bonds is 3. The molecule has 0 saturated heterocycles. The van der Waals surface area contributed by atoms with Gasteiger partial charge in [0.15, 0.2) is 23.1 Å². The maximum absolute atomic E-state index is 14.8. The summed E-state index contributed by atoms with van der Waals surface area (Å²) in [4.78, 5) is 7.50. The average molecular weight is 415 g/mol. The molecule has 0 fully saturated rings. The first kappa shape index (κ1) is 17.5. The summed E-state index contributed by atoms with van der Waals surface area (Å²) in [5.74, 6) is -1.36. The number of methoxy groups -OCH3 is 2. The highest BCUT2D eigenvalue weighted by Crippen LogP contribution is 2.42. The van der Waals surface area contributed by atoms with Crippen LogP contribution in [0.1, 0.15) is 5.56 Å². The Morgan fingerprint density at radius 3 is 2.32 bits per heavy atom. The Kier molecular flexibility index (Phi) is 4.59. The first-order valence-electron chi connectivity index (χ1n) is 7.37. The van der Waals surface area contributed by atoms with E-state index in [0.29, 0.717) is 10.3 Å². The van der Waals surface area contributed by atoms with Crippen molar-refractivity contribution in [2.24, 2.45) is 0 Å². The maximum Gasteiger partial charge on any atom is 0.191 e. The third-order valence-corrected chi connectivity index (χ3v) is 4.87. The third-order valence-electron chi connectivity index (χ3n) is 4.09. The van der Waals surface area contributed by atoms with Crippen LogP contribution in [0, 0.1) is 11.6 Å². The number of aromatic nitrogens is 1. The summed E-state index contributed by atoms with van der Waals surface area (Å²) in [7, 11) is 4.45. The molecule has 2 N–H and O–H groups in total. The van der Waals surface area contributed by atoms with E-state index in [-0.39, 0.29) is 30.4 Å². The van der Waals surface area contributed by atoms with E-state index in [4.69, 9.17) is 15.2 Å². The van der Waals surface area contributed by atoms with Crippen molar-refractivity contribution in [3.05, 3.63) is 33.9 Å². The van der Waals surface area contributed by atoms with Crippen LogP contribution in [0.5, 0.6) is 11.5 Å². The number of hydrogen-bond donors (Lipinski definition) is 1. The van der Waals surface area contributed by atoms with E-state index in [2.05, 4.69) is 20.9 Å². The molecule has 1 aliphatic heterocycles. The fraction of sp³-hybridized carbons (Fsp3) is 0.312. The predicted molar refractivity (Wildman–Crippen MR) is 95.3 cm³/mol. The average Bonchev–Trinajstić information content (AvgIpc) is 2.58. The minimum Gasteiger partial charge on any atom is -0.493 e. The number of halogens is 3. The van der Waals surface area contributed by atoms with Gasteiger partial charge in [-0.3, -0.25) is 0 Å². The van der Waals surface area contributed by atoms with Crippen molar-refractivity contribution >= 4 is 33.1 Å². The van der Waals surface area contributed by atoms with E-state index in [9.17, 15) is 8.78 Å². The zero-order valence-electron chi connectivity index (χ0n) is 13.9. The lowest BCUT2D eigenvalue weighted by Gasteiger charge is -2.38. The largest absolute Gasteiger partial charge is 0.493 e. The van der Waals surface area contributed by atoms with Crippen molar-refractivity contribution in [1.29, 1.82) is 0 Å². The summed E-state index contributed by atoms with van der Waals surface area (Å²) in [5.41, 5.74) is 7.25. The molecule has 0 atom stereocenters. The molecule has 1 aromatic heterocycles. The van der Waals surface area contributed by atoms with Crippen LogP contribution in [0.2, 0.25) is 0 Å². The normalized spacial score (nSPS) is 13.7. The fourth-order valence-electron chi connectivity index (χ4n) is 2.94. The van der Waals surface area contributed by atoms with E-state index in [1.54, 1.807) is 11.1 Å². The highest BCUT2D eigenvalue weighted by atomic mass is 79.9. The molecule has 0 spiro atoms. The Labute approximate surface area is 152 Å². The Morgan fingerprint density at radius 1 is 1.16 bits per heavy atom. The van der Waals surface area contributed by atoms with Crippen LogP contribution in [-0.2, 0) is 6.54 Å². The van der Waals surface area contributed by atoms with E-state index >= 15 is 0 Å². The molecule has 6 nitrogen and oxygen atoms in total. The van der Waals surface area contributed by atoms with Gasteiger partial charge in [-0.15, -0.1) is 0 Å². The van der Waals surface area contributed by atoms with Crippen molar-refractivity contribution < 1.29 is 18.3 Å². The van der Waals surface area contributed by atoms with Crippen LogP contribution in [0.3, 0.4) is 0 Å². The molecule has 0 radical (unpaired) electrons. The van der Waals surface area contributed by atoms with Crippen LogP contribution in [0.25, 0.3) is 0 Å². The lowest BCUT2D eigenvalue weighted by molar-refractivity contribution is 0.358. The molecule has 0 unspecified atom stereocenters. The number of nitrogen functional groups attached to an aromatic ring is 1. The fourth-order valence-corrected chi connectivity index (χ4v) is 3.60. The monoisotopic (exact) mass is 414 g/mol. The number of ether oxygens (including phenoxy) is 2. The van der Waals surface area contributed by atoms with Crippen LogP contribution in [0.15, 0.2) is 16.7 Å². The van der Waals surface area contributed by atoms with Gasteiger partial charge < -0.3 is 25.0 Å². The van der Waals surface area contributed by atoms with Gasteiger partial charge in [0.1, 0.15) is 11.5 Å². The third kappa shape index (κ3) is 2.82. The maximum atomic E-state index is 14.8. The summed E-state index contributed by atoms with van der Waals surface area (Å²) in [6.07, 6.45) is 1.60. The molecule has 0 aliphatic carbocycles. The Hall–Kier alpha value is -2.29. The number of nitrogens with zero attached hydrogens (tertiary/aromatic N) is 3. The van der Waals surface area contributed by atoms with Crippen molar-refractivity contribution in [3.8, 4) is 11.5 Å². The van der Waals surface area contributed by atoms with Crippen molar-refractivity contribution in [1.82, 2.24) is 4.98 Å². The number of anilines is 3. The van der Waals surface area contributed by atoms with Crippen molar-refractivity contribution in [2.45, 2.75) is 6.54 Å². The number of hydrogen-bond acceptors (Lipinski definition) is 6. The Bertz CT molecular complexity index is 806. The first-order chi connectivity index (χ1) is 11.9. The number of fused-ring (bicyclic) bond motifs is 1. The molecule has 3 rings (SSSR count). The van der Waals surface area contributed by atoms with Gasteiger partial charge in [0.2, 0.25) is 0 Å². The SMILES string of the molecule is COc1cc(OC)c(F)c(N2Cc3cnc(N)c(Br)c3N(C)C2)c1F. The lowest BCUT2D eigenvalue weighted by Crippen LogP contribution is -2.41. The van der Waals surface area contributed by atoms with Crippen molar-refractivity contribution in [3.63, 3.8) is 0 Å². The summed E-state index contributed by atoms with van der Waals surface area (Å²) in [5, 5.41) is 0. The summed E-state index contributed by atoms with van der Waals surface area (Å²) in [6.45, 7) is 0.509. The zero-order valence-corrected chi connectivity index (χ0v) is 15.5. The number of nitrogens with two attached hydrogens (primary N) is 1. The minimum absolute atomic E-state index is 0.0849. The van der Waals surface area contributed by atoms with Gasteiger partial charge in [0, 0.05) is 31.4 Å². The lowest BCUT2D eigenvalue weighted by atomic mass is 10.1. The van der Waals surface area contributed by atoms with Crippen molar-refractivity contribution in [2.75, 3.05) is 43.5 Å². The highest BCUT2D eigenvalue weighted by Gasteiger charge is 2.30. The zero-order chi connectivity index (χ0) is 18.3. The van der Waals surface area contributed by atoms with Crippen LogP contribution in [-0.4, -0.2) is 32.9 Å². The molecule has 0 saturated carbocycles. The Balaban J connectivity index is 2.11. The Morgan fingerprint density at radius 2 is 1.76 bits per heavy atom. The van der Waals surface area contributed by atoms with Crippen LogP contribution < -0.4 is 25.0 Å². The molecule has 1 aromatic carbocycles. The summed E-state index contributed by atoms with van der Waals surface area (Å²) in [6, 6.07) is 1.19. The van der Waals surface area contributed by atoms with Crippen LogP contribution in [0.4, 0.5) is 26.0 Å². The van der Waals surface area contributed by atoms with Gasteiger partial charge >= 0.3 is 0 Å². The minimum atomic E-state index is -0.778. The second kappa shape index (κ2) is 6.55. The molecule has 25 heavy (non-hydrogen) atoms. The van der Waals surface area contributed by atoms with E-state index in [1.165, 1.54) is 20.3 Å². The quantitative estimate of drug-likeness (QED) is 0.832. The first-order valence-corrected chi connectivity index (χ1v) is 8.17. The summed E-state index contributed by atoms with van der Waals surface area (Å²) < 4.78 is 40.2. The molecule has 1 aliphatic rings. The van der Waals surface area contributed by atoms with Crippen LogP contribution >= 0.6 is 15.9 Å². The molecule has 2 aromatic rings. The predicted octanol–water partition coefficient (Wildman–Crippen LogP) is 3.14. The molecule has 0 amide bonds.